The highest BCUT2D eigenvalue weighted by Crippen LogP contribution is 2.35. The molecule has 2 nitrogen and oxygen atoms in total. The fraction of sp³-hybridized carbons (Fsp3) is 0.400. The highest BCUT2D eigenvalue weighted by atomic mass is 35.5. The SMILES string of the molecule is COC[C@@H](N)c1ccc(Cl)c(C(F)(F)F)c1. The Kier molecular flexibility index (Phi) is 4.18. The quantitative estimate of drug-likeness (QED) is 0.899. The summed E-state index contributed by atoms with van der Waals surface area (Å²) in [5, 5.41) is -0.333. The Morgan fingerprint density at radius 3 is 2.56 bits per heavy atom. The zero-order valence-electron chi connectivity index (χ0n) is 8.51. The van der Waals surface area contributed by atoms with E-state index in [0.29, 0.717) is 5.56 Å². The lowest BCUT2D eigenvalue weighted by Crippen LogP contribution is -2.17. The molecule has 0 saturated heterocycles. The summed E-state index contributed by atoms with van der Waals surface area (Å²) in [6, 6.07) is 3.01. The first-order chi connectivity index (χ1) is 7.36. The van der Waals surface area contributed by atoms with Gasteiger partial charge in [-0.3, -0.25) is 0 Å². The lowest BCUT2D eigenvalue weighted by molar-refractivity contribution is -0.137. The highest BCUT2D eigenvalue weighted by Gasteiger charge is 2.33. The minimum absolute atomic E-state index is 0.152. The molecule has 0 aliphatic carbocycles. The van der Waals surface area contributed by atoms with Crippen LogP contribution in [0.2, 0.25) is 5.02 Å². The number of methoxy groups -OCH3 is 1. The Hall–Kier alpha value is -0.780. The Morgan fingerprint density at radius 1 is 1.44 bits per heavy atom. The van der Waals surface area contributed by atoms with Gasteiger partial charge in [-0.15, -0.1) is 0 Å². The van der Waals surface area contributed by atoms with Crippen LogP contribution in [0.4, 0.5) is 13.2 Å². The molecule has 2 N–H and O–H groups in total. The fourth-order valence-corrected chi connectivity index (χ4v) is 1.49. The highest BCUT2D eigenvalue weighted by molar-refractivity contribution is 6.31. The Bertz CT molecular complexity index is 368. The van der Waals surface area contributed by atoms with Gasteiger partial charge in [-0.2, -0.15) is 13.2 Å². The van der Waals surface area contributed by atoms with Crippen molar-refractivity contribution in [2.24, 2.45) is 5.73 Å². The van der Waals surface area contributed by atoms with Crippen LogP contribution in [0.3, 0.4) is 0 Å². The molecule has 16 heavy (non-hydrogen) atoms. The van der Waals surface area contributed by atoms with Crippen molar-refractivity contribution >= 4 is 11.6 Å². The molecule has 1 aromatic rings. The van der Waals surface area contributed by atoms with E-state index in [1.54, 1.807) is 0 Å². The summed E-state index contributed by atoms with van der Waals surface area (Å²) in [4.78, 5) is 0. The van der Waals surface area contributed by atoms with E-state index in [-0.39, 0.29) is 11.6 Å². The lowest BCUT2D eigenvalue weighted by atomic mass is 10.0. The van der Waals surface area contributed by atoms with Crippen molar-refractivity contribution in [2.45, 2.75) is 12.2 Å². The number of rotatable bonds is 3. The van der Waals surface area contributed by atoms with E-state index in [2.05, 4.69) is 0 Å². The largest absolute Gasteiger partial charge is 0.417 e. The van der Waals surface area contributed by atoms with Crippen LogP contribution >= 0.6 is 11.6 Å². The third-order valence-electron chi connectivity index (χ3n) is 2.07. The second kappa shape index (κ2) is 5.03. The van der Waals surface area contributed by atoms with Crippen LogP contribution in [-0.4, -0.2) is 13.7 Å². The Balaban J connectivity index is 3.07. The van der Waals surface area contributed by atoms with E-state index in [9.17, 15) is 13.2 Å². The van der Waals surface area contributed by atoms with Crippen LogP contribution in [0, 0.1) is 0 Å². The summed E-state index contributed by atoms with van der Waals surface area (Å²) in [7, 11) is 1.43. The third kappa shape index (κ3) is 3.10. The third-order valence-corrected chi connectivity index (χ3v) is 2.40. The maximum atomic E-state index is 12.5. The first-order valence-electron chi connectivity index (χ1n) is 4.47. The molecule has 0 aliphatic rings. The number of hydrogen-bond acceptors (Lipinski definition) is 2. The van der Waals surface area contributed by atoms with Crippen LogP contribution in [-0.2, 0) is 10.9 Å². The Morgan fingerprint density at radius 2 is 2.06 bits per heavy atom. The van der Waals surface area contributed by atoms with Gasteiger partial charge in [0, 0.05) is 7.11 Å². The van der Waals surface area contributed by atoms with E-state index in [1.165, 1.54) is 19.2 Å². The molecule has 90 valence electrons. The molecule has 0 amide bonds. The van der Waals surface area contributed by atoms with Crippen molar-refractivity contribution in [3.63, 3.8) is 0 Å². The van der Waals surface area contributed by atoms with E-state index in [0.717, 1.165) is 6.07 Å². The molecule has 0 spiro atoms. The summed E-state index contributed by atoms with van der Waals surface area (Å²) < 4.78 is 42.3. The van der Waals surface area contributed by atoms with Gasteiger partial charge in [0.2, 0.25) is 0 Å². The molecule has 0 unspecified atom stereocenters. The number of alkyl halides is 3. The van der Waals surface area contributed by atoms with E-state index in [4.69, 9.17) is 22.1 Å². The zero-order valence-corrected chi connectivity index (χ0v) is 9.27. The number of hydrogen-bond donors (Lipinski definition) is 1. The molecule has 1 aromatic carbocycles. The lowest BCUT2D eigenvalue weighted by Gasteiger charge is -2.14. The van der Waals surface area contributed by atoms with Gasteiger partial charge < -0.3 is 10.5 Å². The standard InChI is InChI=1S/C10H11ClF3NO/c1-16-5-9(15)6-2-3-8(11)7(4-6)10(12,13)14/h2-4,9H,5,15H2,1H3/t9-/m1/s1. The molecule has 0 saturated carbocycles. The van der Waals surface area contributed by atoms with Crippen molar-refractivity contribution in [2.75, 3.05) is 13.7 Å². The first kappa shape index (κ1) is 13.3. The van der Waals surface area contributed by atoms with Gasteiger partial charge >= 0.3 is 6.18 Å². The molecule has 0 heterocycles. The maximum absolute atomic E-state index is 12.5. The first-order valence-corrected chi connectivity index (χ1v) is 4.85. The summed E-state index contributed by atoms with van der Waals surface area (Å²) in [6.45, 7) is 0.152. The average molecular weight is 254 g/mol. The van der Waals surface area contributed by atoms with E-state index < -0.39 is 17.8 Å². The van der Waals surface area contributed by atoms with Gasteiger partial charge in [0.25, 0.3) is 0 Å². The van der Waals surface area contributed by atoms with E-state index >= 15 is 0 Å². The minimum atomic E-state index is -4.47. The predicted octanol–water partition coefficient (Wildman–Crippen LogP) is 3.01. The van der Waals surface area contributed by atoms with Crippen molar-refractivity contribution in [1.82, 2.24) is 0 Å². The second-order valence-corrected chi connectivity index (χ2v) is 3.71. The Labute approximate surface area is 96.1 Å². The van der Waals surface area contributed by atoms with Crippen molar-refractivity contribution < 1.29 is 17.9 Å². The summed E-state index contributed by atoms with van der Waals surface area (Å²) in [5.41, 5.74) is 5.10. The molecular weight excluding hydrogens is 243 g/mol. The summed E-state index contributed by atoms with van der Waals surface area (Å²) in [6.07, 6.45) is -4.47. The minimum Gasteiger partial charge on any atom is -0.383 e. The van der Waals surface area contributed by atoms with Crippen molar-refractivity contribution in [1.29, 1.82) is 0 Å². The predicted molar refractivity (Wildman–Crippen MR) is 55.3 cm³/mol. The van der Waals surface area contributed by atoms with Crippen LogP contribution in [0.15, 0.2) is 18.2 Å². The van der Waals surface area contributed by atoms with Crippen molar-refractivity contribution in [3.05, 3.63) is 34.3 Å². The zero-order chi connectivity index (χ0) is 12.3. The molecule has 0 radical (unpaired) electrons. The number of ether oxygens (including phenoxy) is 1. The fourth-order valence-electron chi connectivity index (χ4n) is 1.27. The smallest absolute Gasteiger partial charge is 0.383 e. The van der Waals surface area contributed by atoms with Crippen LogP contribution in [0.1, 0.15) is 17.2 Å². The molecule has 0 aromatic heterocycles. The van der Waals surface area contributed by atoms with Gasteiger partial charge in [-0.1, -0.05) is 17.7 Å². The maximum Gasteiger partial charge on any atom is 0.417 e. The van der Waals surface area contributed by atoms with Crippen molar-refractivity contribution in [3.8, 4) is 0 Å². The van der Waals surface area contributed by atoms with Crippen LogP contribution < -0.4 is 5.73 Å². The molecule has 0 fully saturated rings. The molecule has 1 rings (SSSR count). The monoisotopic (exact) mass is 253 g/mol. The number of halogens is 4. The molecule has 1 atom stereocenters. The van der Waals surface area contributed by atoms with E-state index in [1.807, 2.05) is 0 Å². The number of benzene rings is 1. The number of nitrogens with two attached hydrogens (primary N) is 1. The van der Waals surface area contributed by atoms with Gasteiger partial charge in [0.1, 0.15) is 0 Å². The normalized spacial score (nSPS) is 13.9. The van der Waals surface area contributed by atoms with Gasteiger partial charge in [-0.25, -0.2) is 0 Å². The molecule has 6 heteroatoms. The van der Waals surface area contributed by atoms with Crippen LogP contribution in [0.25, 0.3) is 0 Å². The molecule has 0 aliphatic heterocycles. The molecule has 0 bridgehead atoms. The van der Waals surface area contributed by atoms with Gasteiger partial charge in [0.15, 0.2) is 0 Å². The van der Waals surface area contributed by atoms with Gasteiger partial charge in [0.05, 0.1) is 23.2 Å². The van der Waals surface area contributed by atoms with Crippen LogP contribution in [0.5, 0.6) is 0 Å². The summed E-state index contributed by atoms with van der Waals surface area (Å²) >= 11 is 5.47. The average Bonchev–Trinajstić information content (AvgIpc) is 2.16. The summed E-state index contributed by atoms with van der Waals surface area (Å²) in [5.74, 6) is 0. The topological polar surface area (TPSA) is 35.2 Å². The van der Waals surface area contributed by atoms with Gasteiger partial charge in [-0.05, 0) is 17.7 Å². The second-order valence-electron chi connectivity index (χ2n) is 3.30. The molecular formula is C10H11ClF3NO.